The van der Waals surface area contributed by atoms with Crippen molar-refractivity contribution in [3.63, 3.8) is 0 Å². The molecule has 1 aliphatic rings. The van der Waals surface area contributed by atoms with Crippen molar-refractivity contribution >= 4 is 5.97 Å². The maximum Gasteiger partial charge on any atom is 0.305 e. The van der Waals surface area contributed by atoms with Crippen LogP contribution < -0.4 is 0 Å². The van der Waals surface area contributed by atoms with Gasteiger partial charge in [-0.1, -0.05) is 26.2 Å². The van der Waals surface area contributed by atoms with Crippen molar-refractivity contribution in [3.8, 4) is 0 Å². The predicted octanol–water partition coefficient (Wildman–Crippen LogP) is 0.357. The zero-order valence-electron chi connectivity index (χ0n) is 10.3. The average Bonchev–Trinajstić information content (AvgIpc) is 2.35. The van der Waals surface area contributed by atoms with Gasteiger partial charge in [0.1, 0.15) is 11.7 Å². The van der Waals surface area contributed by atoms with Gasteiger partial charge in [0.15, 0.2) is 6.10 Å². The summed E-state index contributed by atoms with van der Waals surface area (Å²) < 4.78 is 5.10. The minimum absolute atomic E-state index is 0.185. The van der Waals surface area contributed by atoms with Gasteiger partial charge in [-0.05, 0) is 12.8 Å². The first kappa shape index (κ1) is 14.4. The van der Waals surface area contributed by atoms with Gasteiger partial charge >= 0.3 is 5.97 Å². The van der Waals surface area contributed by atoms with Crippen molar-refractivity contribution in [1.82, 2.24) is 0 Å². The summed E-state index contributed by atoms with van der Waals surface area (Å²) in [7, 11) is 0. The van der Waals surface area contributed by atoms with Crippen LogP contribution in [-0.4, -0.2) is 45.7 Å². The van der Waals surface area contributed by atoms with Crippen LogP contribution in [0.15, 0.2) is 0 Å². The van der Waals surface area contributed by atoms with Gasteiger partial charge in [-0.2, -0.15) is 0 Å². The number of aliphatic hydroxyl groups excluding tert-OH is 2. The fourth-order valence-corrected chi connectivity index (χ4v) is 2.32. The molecule has 3 N–H and O–H groups in total. The van der Waals surface area contributed by atoms with Gasteiger partial charge in [0.25, 0.3) is 0 Å². The zero-order chi connectivity index (χ0) is 12.9. The number of carbonyl (C=O) groups excluding carboxylic acids is 1. The summed E-state index contributed by atoms with van der Waals surface area (Å²) >= 11 is 0. The lowest BCUT2D eigenvalue weighted by Crippen LogP contribution is -2.53. The molecule has 2 unspecified atom stereocenters. The van der Waals surface area contributed by atoms with E-state index >= 15 is 0 Å². The van der Waals surface area contributed by atoms with Crippen molar-refractivity contribution in [2.45, 2.75) is 63.3 Å². The second-order valence-corrected chi connectivity index (χ2v) is 4.68. The predicted molar refractivity (Wildman–Crippen MR) is 61.3 cm³/mol. The molecule has 1 rings (SSSR count). The fourth-order valence-electron chi connectivity index (χ4n) is 2.32. The van der Waals surface area contributed by atoms with E-state index in [1.54, 1.807) is 6.92 Å². The maximum absolute atomic E-state index is 11.3. The van der Waals surface area contributed by atoms with E-state index in [2.05, 4.69) is 0 Å². The molecule has 1 aliphatic carbocycles. The van der Waals surface area contributed by atoms with E-state index in [-0.39, 0.29) is 6.42 Å². The highest BCUT2D eigenvalue weighted by molar-refractivity contribution is 5.69. The minimum atomic E-state index is -1.23. The largest absolute Gasteiger partial charge is 0.456 e. The zero-order valence-corrected chi connectivity index (χ0v) is 10.3. The van der Waals surface area contributed by atoms with Crippen LogP contribution in [0.3, 0.4) is 0 Å². The van der Waals surface area contributed by atoms with Gasteiger partial charge in [0, 0.05) is 6.42 Å². The molecule has 5 heteroatoms. The van der Waals surface area contributed by atoms with Crippen molar-refractivity contribution in [1.29, 1.82) is 0 Å². The summed E-state index contributed by atoms with van der Waals surface area (Å²) in [5.41, 5.74) is -1.20. The van der Waals surface area contributed by atoms with Gasteiger partial charge in [0.2, 0.25) is 0 Å². The van der Waals surface area contributed by atoms with Crippen LogP contribution in [0.1, 0.15) is 45.4 Å². The Kier molecular flexibility index (Phi) is 5.36. The van der Waals surface area contributed by atoms with Crippen LogP contribution in [-0.2, 0) is 9.53 Å². The molecule has 0 aromatic rings. The summed E-state index contributed by atoms with van der Waals surface area (Å²) in [4.78, 5) is 11.3. The third kappa shape index (κ3) is 3.66. The van der Waals surface area contributed by atoms with E-state index in [1.165, 1.54) is 0 Å². The second kappa shape index (κ2) is 6.33. The number of carbonyl (C=O) groups is 1. The summed E-state index contributed by atoms with van der Waals surface area (Å²) in [6.45, 7) is 1.12. The second-order valence-electron chi connectivity index (χ2n) is 4.68. The molecular weight excluding hydrogens is 224 g/mol. The molecule has 17 heavy (non-hydrogen) atoms. The van der Waals surface area contributed by atoms with Crippen LogP contribution in [0.25, 0.3) is 0 Å². The molecule has 2 atom stereocenters. The Balaban J connectivity index is 2.76. The van der Waals surface area contributed by atoms with Crippen molar-refractivity contribution < 1.29 is 24.9 Å². The summed E-state index contributed by atoms with van der Waals surface area (Å²) in [6.07, 6.45) is 1.63. The minimum Gasteiger partial charge on any atom is -0.456 e. The molecule has 0 aromatic heterocycles. The first-order chi connectivity index (χ1) is 8.03. The lowest BCUT2D eigenvalue weighted by molar-refractivity contribution is -0.190. The normalized spacial score (nSPS) is 22.8. The molecule has 0 radical (unpaired) electrons. The Morgan fingerprint density at radius 3 is 2.41 bits per heavy atom. The lowest BCUT2D eigenvalue weighted by atomic mass is 9.79. The number of rotatable bonds is 5. The standard InChI is InChI=1S/C12H22O5/c1-2-10(15)17-11(9(14)8-13)12(16)6-4-3-5-7-12/h9,11,13-14,16H,2-8H2,1H3. The molecule has 0 aliphatic heterocycles. The Morgan fingerprint density at radius 2 is 1.94 bits per heavy atom. The van der Waals surface area contributed by atoms with Crippen LogP contribution in [0.2, 0.25) is 0 Å². The van der Waals surface area contributed by atoms with Crippen molar-refractivity contribution in [3.05, 3.63) is 0 Å². The summed E-state index contributed by atoms with van der Waals surface area (Å²) in [6, 6.07) is 0. The molecule has 100 valence electrons. The first-order valence-electron chi connectivity index (χ1n) is 6.24. The molecule has 0 bridgehead atoms. The van der Waals surface area contributed by atoms with Gasteiger partial charge < -0.3 is 20.1 Å². The molecule has 5 nitrogen and oxygen atoms in total. The number of ether oxygens (including phenoxy) is 1. The Hall–Kier alpha value is -0.650. The summed E-state index contributed by atoms with van der Waals surface area (Å²) in [5.74, 6) is -0.471. The number of aliphatic hydroxyl groups is 3. The lowest BCUT2D eigenvalue weighted by Gasteiger charge is -2.40. The molecule has 0 spiro atoms. The van der Waals surface area contributed by atoms with Gasteiger partial charge in [-0.25, -0.2) is 0 Å². The Labute approximate surface area is 101 Å². The van der Waals surface area contributed by atoms with E-state index < -0.39 is 30.4 Å². The number of hydrogen-bond donors (Lipinski definition) is 3. The molecule has 0 heterocycles. The molecule has 0 saturated heterocycles. The molecular formula is C12H22O5. The molecule has 1 fully saturated rings. The van der Waals surface area contributed by atoms with E-state index in [9.17, 15) is 15.0 Å². The fraction of sp³-hybridized carbons (Fsp3) is 0.917. The first-order valence-corrected chi connectivity index (χ1v) is 6.24. The Morgan fingerprint density at radius 1 is 1.35 bits per heavy atom. The van der Waals surface area contributed by atoms with Gasteiger partial charge in [0.05, 0.1) is 6.61 Å². The summed E-state index contributed by atoms with van der Waals surface area (Å²) in [5, 5.41) is 29.1. The SMILES string of the molecule is CCC(=O)OC(C(O)CO)C1(O)CCCCC1. The van der Waals surface area contributed by atoms with Crippen molar-refractivity contribution in [2.75, 3.05) is 6.61 Å². The highest BCUT2D eigenvalue weighted by Crippen LogP contribution is 2.34. The maximum atomic E-state index is 11.3. The van der Waals surface area contributed by atoms with Gasteiger partial charge in [-0.3, -0.25) is 4.79 Å². The van der Waals surface area contributed by atoms with E-state index in [1.807, 2.05) is 0 Å². The Bertz CT molecular complexity index is 247. The average molecular weight is 246 g/mol. The third-order valence-corrected chi connectivity index (χ3v) is 3.33. The van der Waals surface area contributed by atoms with Crippen LogP contribution in [0.5, 0.6) is 0 Å². The van der Waals surface area contributed by atoms with E-state index in [4.69, 9.17) is 9.84 Å². The van der Waals surface area contributed by atoms with E-state index in [0.717, 1.165) is 19.3 Å². The monoisotopic (exact) mass is 246 g/mol. The number of hydrogen-bond acceptors (Lipinski definition) is 5. The highest BCUT2D eigenvalue weighted by Gasteiger charge is 2.44. The topological polar surface area (TPSA) is 87.0 Å². The third-order valence-electron chi connectivity index (χ3n) is 3.33. The number of esters is 1. The van der Waals surface area contributed by atoms with Crippen LogP contribution in [0, 0.1) is 0 Å². The molecule has 0 amide bonds. The molecule has 1 saturated carbocycles. The smallest absolute Gasteiger partial charge is 0.305 e. The van der Waals surface area contributed by atoms with Crippen molar-refractivity contribution in [2.24, 2.45) is 0 Å². The van der Waals surface area contributed by atoms with Crippen LogP contribution in [0.4, 0.5) is 0 Å². The van der Waals surface area contributed by atoms with Gasteiger partial charge in [-0.15, -0.1) is 0 Å². The molecule has 0 aromatic carbocycles. The highest BCUT2D eigenvalue weighted by atomic mass is 16.6. The van der Waals surface area contributed by atoms with Crippen LogP contribution >= 0.6 is 0 Å². The quantitative estimate of drug-likeness (QED) is 0.610. The van der Waals surface area contributed by atoms with E-state index in [0.29, 0.717) is 12.8 Å².